The standard InChI is InChI=1S/C10H7NO2.C10H11NO/c12-6-8-3-1-7-2-4-9(13)5-10(7)11-8;1-7-2-3-8-4-5-9(12)6-10(8)11-7/h1-4,6H,5H2;2-3H,4-6H2,1H3. The number of fused-ring (bicyclic) bond motifs is 2. The van der Waals surface area contributed by atoms with Gasteiger partial charge in [-0.15, -0.1) is 0 Å². The number of pyridine rings is 2. The zero-order valence-corrected chi connectivity index (χ0v) is 14.0. The van der Waals surface area contributed by atoms with Crippen molar-refractivity contribution in [3.63, 3.8) is 0 Å². The van der Waals surface area contributed by atoms with Gasteiger partial charge in [0.2, 0.25) is 0 Å². The quantitative estimate of drug-likeness (QED) is 0.749. The Morgan fingerprint density at radius 3 is 2.56 bits per heavy atom. The van der Waals surface area contributed by atoms with E-state index in [2.05, 4.69) is 16.0 Å². The minimum atomic E-state index is 0.0306. The summed E-state index contributed by atoms with van der Waals surface area (Å²) in [5, 5.41) is 0. The Kier molecular flexibility index (Phi) is 4.93. The van der Waals surface area contributed by atoms with Gasteiger partial charge in [-0.2, -0.15) is 0 Å². The maximum Gasteiger partial charge on any atom is 0.168 e. The summed E-state index contributed by atoms with van der Waals surface area (Å²) in [4.78, 5) is 40.9. The molecule has 25 heavy (non-hydrogen) atoms. The SMILES string of the molecule is Cc1ccc2c(n1)CC(=O)CC2.O=Cc1ccc2c(n1)CC(=O)C=C2. The Balaban J connectivity index is 0.000000146. The number of carbonyl (C=O) groups is 3. The van der Waals surface area contributed by atoms with E-state index in [-0.39, 0.29) is 5.78 Å². The number of aromatic nitrogens is 2. The molecule has 0 saturated heterocycles. The minimum Gasteiger partial charge on any atom is -0.299 e. The van der Waals surface area contributed by atoms with Crippen LogP contribution in [0.1, 0.15) is 45.1 Å². The molecule has 4 rings (SSSR count). The molecule has 0 bridgehead atoms. The third-order valence-electron chi connectivity index (χ3n) is 4.19. The average molecular weight is 334 g/mol. The molecule has 0 unspecified atom stereocenters. The lowest BCUT2D eigenvalue weighted by Crippen LogP contribution is -2.15. The second-order valence-electron chi connectivity index (χ2n) is 6.14. The number of aryl methyl sites for hydroxylation is 2. The van der Waals surface area contributed by atoms with Crippen molar-refractivity contribution >= 4 is 23.9 Å². The summed E-state index contributed by atoms with van der Waals surface area (Å²) < 4.78 is 0. The van der Waals surface area contributed by atoms with Gasteiger partial charge in [-0.3, -0.25) is 19.4 Å². The number of rotatable bonds is 1. The molecule has 0 aromatic carbocycles. The third-order valence-corrected chi connectivity index (χ3v) is 4.19. The first-order chi connectivity index (χ1) is 12.0. The van der Waals surface area contributed by atoms with Crippen molar-refractivity contribution < 1.29 is 14.4 Å². The van der Waals surface area contributed by atoms with Gasteiger partial charge >= 0.3 is 0 Å². The molecule has 126 valence electrons. The number of hydrogen-bond acceptors (Lipinski definition) is 5. The molecule has 5 nitrogen and oxygen atoms in total. The number of hydrogen-bond donors (Lipinski definition) is 0. The molecule has 2 aliphatic rings. The second kappa shape index (κ2) is 7.30. The number of aldehydes is 1. The molecule has 5 heteroatoms. The zero-order chi connectivity index (χ0) is 17.8. The van der Waals surface area contributed by atoms with Crippen molar-refractivity contribution in [2.75, 3.05) is 0 Å². The van der Waals surface area contributed by atoms with Gasteiger partial charge in [0.15, 0.2) is 12.1 Å². The molecule has 0 fully saturated rings. The molecule has 0 spiro atoms. The van der Waals surface area contributed by atoms with E-state index in [0.29, 0.717) is 42.7 Å². The number of carbonyl (C=O) groups excluding carboxylic acids is 3. The van der Waals surface area contributed by atoms with Crippen LogP contribution in [0, 0.1) is 6.92 Å². The van der Waals surface area contributed by atoms with Gasteiger partial charge in [-0.1, -0.05) is 12.1 Å². The topological polar surface area (TPSA) is 77.0 Å². The number of allylic oxidation sites excluding steroid dienone is 1. The molecule has 0 N–H and O–H groups in total. The molecule has 0 saturated carbocycles. The summed E-state index contributed by atoms with van der Waals surface area (Å²) in [5.41, 5.74) is 5.24. The van der Waals surface area contributed by atoms with E-state index < -0.39 is 0 Å². The van der Waals surface area contributed by atoms with Crippen LogP contribution in [-0.2, 0) is 28.9 Å². The molecule has 2 aliphatic carbocycles. The highest BCUT2D eigenvalue weighted by molar-refractivity contribution is 5.98. The fraction of sp³-hybridized carbons (Fsp3) is 0.250. The normalized spacial score (nSPS) is 14.9. The molecule has 2 heterocycles. The van der Waals surface area contributed by atoms with E-state index >= 15 is 0 Å². The summed E-state index contributed by atoms with van der Waals surface area (Å²) in [6.45, 7) is 1.96. The average Bonchev–Trinajstić information content (AvgIpc) is 2.61. The summed E-state index contributed by atoms with van der Waals surface area (Å²) in [5.74, 6) is 0.351. The Morgan fingerprint density at radius 1 is 0.920 bits per heavy atom. The highest BCUT2D eigenvalue weighted by atomic mass is 16.1. The van der Waals surface area contributed by atoms with E-state index in [9.17, 15) is 14.4 Å². The van der Waals surface area contributed by atoms with Crippen LogP contribution in [0.15, 0.2) is 30.3 Å². The van der Waals surface area contributed by atoms with Gasteiger partial charge in [0.05, 0.1) is 17.8 Å². The van der Waals surface area contributed by atoms with Crippen LogP contribution < -0.4 is 0 Å². The first-order valence-corrected chi connectivity index (χ1v) is 8.18. The summed E-state index contributed by atoms with van der Waals surface area (Å²) in [7, 11) is 0. The van der Waals surface area contributed by atoms with Gasteiger partial charge in [0.1, 0.15) is 11.5 Å². The summed E-state index contributed by atoms with van der Waals surface area (Å²) in [6.07, 6.45) is 6.35. The van der Waals surface area contributed by atoms with E-state index in [1.54, 1.807) is 18.2 Å². The Hall–Kier alpha value is -2.95. The Labute approximate surface area is 145 Å². The third kappa shape index (κ3) is 4.12. The van der Waals surface area contributed by atoms with Crippen molar-refractivity contribution in [3.8, 4) is 0 Å². The predicted molar refractivity (Wildman–Crippen MR) is 93.4 cm³/mol. The second-order valence-corrected chi connectivity index (χ2v) is 6.14. The van der Waals surface area contributed by atoms with Gasteiger partial charge in [0.25, 0.3) is 0 Å². The number of Topliss-reactive ketones (excluding diaryl/α,β-unsaturated/α-hetero) is 1. The first-order valence-electron chi connectivity index (χ1n) is 8.18. The van der Waals surface area contributed by atoms with Crippen LogP contribution in [0.5, 0.6) is 0 Å². The van der Waals surface area contributed by atoms with Gasteiger partial charge in [-0.25, -0.2) is 4.98 Å². The van der Waals surface area contributed by atoms with Crippen molar-refractivity contribution in [1.29, 1.82) is 0 Å². The van der Waals surface area contributed by atoms with Gasteiger partial charge in [-0.05, 0) is 48.8 Å². The maximum atomic E-state index is 11.1. The van der Waals surface area contributed by atoms with E-state index in [4.69, 9.17) is 0 Å². The fourth-order valence-corrected chi connectivity index (χ4v) is 2.86. The van der Waals surface area contributed by atoms with Gasteiger partial charge < -0.3 is 0 Å². The van der Waals surface area contributed by atoms with Crippen LogP contribution in [-0.4, -0.2) is 27.8 Å². The lowest BCUT2D eigenvalue weighted by atomic mass is 9.95. The summed E-state index contributed by atoms with van der Waals surface area (Å²) in [6, 6.07) is 7.54. The Bertz CT molecular complexity index is 885. The highest BCUT2D eigenvalue weighted by Crippen LogP contribution is 2.17. The molecule has 0 radical (unpaired) electrons. The maximum absolute atomic E-state index is 11.1. The monoisotopic (exact) mass is 334 g/mol. The van der Waals surface area contributed by atoms with E-state index in [1.807, 2.05) is 13.0 Å². The van der Waals surface area contributed by atoms with Crippen LogP contribution in [0.3, 0.4) is 0 Å². The highest BCUT2D eigenvalue weighted by Gasteiger charge is 2.16. The van der Waals surface area contributed by atoms with Crippen molar-refractivity contribution in [1.82, 2.24) is 9.97 Å². The lowest BCUT2D eigenvalue weighted by molar-refractivity contribution is -0.118. The van der Waals surface area contributed by atoms with Gasteiger partial charge in [0, 0.05) is 18.5 Å². The van der Waals surface area contributed by atoms with Crippen molar-refractivity contribution in [2.45, 2.75) is 32.6 Å². The van der Waals surface area contributed by atoms with Crippen LogP contribution >= 0.6 is 0 Å². The lowest BCUT2D eigenvalue weighted by Gasteiger charge is -2.13. The summed E-state index contributed by atoms with van der Waals surface area (Å²) >= 11 is 0. The van der Waals surface area contributed by atoms with Crippen molar-refractivity contribution in [3.05, 3.63) is 64.2 Å². The van der Waals surface area contributed by atoms with Crippen LogP contribution in [0.25, 0.3) is 6.08 Å². The molecule has 2 aromatic heterocycles. The first kappa shape index (κ1) is 16.9. The number of ketones is 2. The smallest absolute Gasteiger partial charge is 0.168 e. The molecular weight excluding hydrogens is 316 g/mol. The molecular formula is C20H18N2O3. The fourth-order valence-electron chi connectivity index (χ4n) is 2.86. The van der Waals surface area contributed by atoms with Crippen molar-refractivity contribution in [2.24, 2.45) is 0 Å². The predicted octanol–water partition coefficient (Wildman–Crippen LogP) is 2.48. The van der Waals surface area contributed by atoms with E-state index in [1.165, 1.54) is 11.6 Å². The molecule has 2 aromatic rings. The molecule has 0 atom stereocenters. The van der Waals surface area contributed by atoms with Crippen LogP contribution in [0.4, 0.5) is 0 Å². The number of nitrogens with zero attached hydrogens (tertiary/aromatic N) is 2. The minimum absolute atomic E-state index is 0.0306. The van der Waals surface area contributed by atoms with E-state index in [0.717, 1.165) is 23.4 Å². The zero-order valence-electron chi connectivity index (χ0n) is 14.0. The Morgan fingerprint density at radius 2 is 1.76 bits per heavy atom. The van der Waals surface area contributed by atoms with Crippen LogP contribution in [0.2, 0.25) is 0 Å². The largest absolute Gasteiger partial charge is 0.299 e. The molecule has 0 aliphatic heterocycles. The molecule has 0 amide bonds.